The van der Waals surface area contributed by atoms with Crippen molar-refractivity contribution < 1.29 is 13.2 Å². The number of aromatic amines is 1. The smallest absolute Gasteiger partial charge is 0.251 e. The summed E-state index contributed by atoms with van der Waals surface area (Å²) in [5, 5.41) is 2.88. The van der Waals surface area contributed by atoms with Gasteiger partial charge in [-0.3, -0.25) is 9.59 Å². The number of aromatic nitrogens is 2. The zero-order valence-electron chi connectivity index (χ0n) is 15.4. The van der Waals surface area contributed by atoms with Crippen LogP contribution in [-0.4, -0.2) is 36.6 Å². The van der Waals surface area contributed by atoms with Gasteiger partial charge in [0.2, 0.25) is 5.91 Å². The first kappa shape index (κ1) is 18.6. The monoisotopic (exact) mass is 399 g/mol. The Hall–Kier alpha value is -2.74. The molecule has 7 nitrogen and oxygen atoms in total. The molecule has 1 saturated carbocycles. The highest BCUT2D eigenvalue weighted by molar-refractivity contribution is 7.90. The molecule has 3 heterocycles. The van der Waals surface area contributed by atoms with Gasteiger partial charge in [-0.15, -0.1) is 0 Å². The Morgan fingerprint density at radius 2 is 1.93 bits per heavy atom. The largest absolute Gasteiger partial charge is 0.350 e. The molecule has 0 aromatic carbocycles. The Bertz CT molecular complexity index is 1110. The van der Waals surface area contributed by atoms with Crippen molar-refractivity contribution in [3.63, 3.8) is 0 Å². The molecular formula is C20H21N3O4S. The topological polar surface area (TPSA) is 109 Å². The van der Waals surface area contributed by atoms with Crippen molar-refractivity contribution in [3.05, 3.63) is 63.7 Å². The third-order valence-corrected chi connectivity index (χ3v) is 6.07. The van der Waals surface area contributed by atoms with E-state index in [1.54, 1.807) is 6.07 Å². The highest BCUT2D eigenvalue weighted by Gasteiger charge is 2.27. The van der Waals surface area contributed by atoms with Crippen molar-refractivity contribution in [1.29, 1.82) is 0 Å². The van der Waals surface area contributed by atoms with Gasteiger partial charge in [0, 0.05) is 47.3 Å². The molecule has 8 heteroatoms. The fraction of sp³-hybridized carbons (Fsp3) is 0.350. The molecule has 1 atom stereocenters. The Morgan fingerprint density at radius 1 is 1.14 bits per heavy atom. The molecule has 4 rings (SSSR count). The van der Waals surface area contributed by atoms with E-state index in [0.29, 0.717) is 35.6 Å². The maximum atomic E-state index is 12.5. The van der Waals surface area contributed by atoms with Crippen LogP contribution in [0.5, 0.6) is 0 Å². The number of H-pyrrole nitrogens is 1. The summed E-state index contributed by atoms with van der Waals surface area (Å²) in [6.45, 7) is 0. The predicted molar refractivity (Wildman–Crippen MR) is 105 cm³/mol. The van der Waals surface area contributed by atoms with Crippen LogP contribution in [0.1, 0.15) is 48.4 Å². The molecule has 0 spiro atoms. The van der Waals surface area contributed by atoms with Crippen LogP contribution in [0.2, 0.25) is 0 Å². The van der Waals surface area contributed by atoms with Gasteiger partial charge in [0.15, 0.2) is 14.9 Å². The maximum Gasteiger partial charge on any atom is 0.251 e. The molecule has 1 aliphatic heterocycles. The Balaban J connectivity index is 1.76. The lowest BCUT2D eigenvalue weighted by atomic mass is 9.99. The summed E-state index contributed by atoms with van der Waals surface area (Å²) in [4.78, 5) is 31.1. The second-order valence-corrected chi connectivity index (χ2v) is 9.34. The van der Waals surface area contributed by atoms with Crippen LogP contribution < -0.4 is 10.9 Å². The van der Waals surface area contributed by atoms with E-state index in [-0.39, 0.29) is 22.5 Å². The van der Waals surface area contributed by atoms with E-state index in [2.05, 4.69) is 15.3 Å². The normalized spacial score (nSPS) is 20.2. The fourth-order valence-corrected chi connectivity index (χ4v) is 3.98. The van der Waals surface area contributed by atoms with Gasteiger partial charge in [0.25, 0.3) is 5.56 Å². The summed E-state index contributed by atoms with van der Waals surface area (Å²) in [5.41, 5.74) is 2.68. The Kier molecular flexibility index (Phi) is 4.66. The molecule has 2 aromatic heterocycles. The summed E-state index contributed by atoms with van der Waals surface area (Å²) in [6.07, 6.45) is 7.68. The standard InChI is InChI=1S/C20H21N3O4S/c1-28(26,27)19-9-4-13(11-21-19)16(10-14-5-8-18(24)22-14)17-7-6-15(12-2-3-12)20(25)23-17/h4,6-7,9-12,14H,2-3,5,8H2,1H3,(H,22,24)(H,23,25)/b16-10-/t14-/m1/s1. The van der Waals surface area contributed by atoms with Crippen molar-refractivity contribution in [2.75, 3.05) is 6.26 Å². The van der Waals surface area contributed by atoms with Crippen LogP contribution in [0.25, 0.3) is 5.57 Å². The van der Waals surface area contributed by atoms with Gasteiger partial charge in [-0.1, -0.05) is 12.1 Å². The minimum Gasteiger partial charge on any atom is -0.350 e. The molecule has 1 amide bonds. The first-order valence-electron chi connectivity index (χ1n) is 9.22. The van der Waals surface area contributed by atoms with Gasteiger partial charge in [0.1, 0.15) is 0 Å². The van der Waals surface area contributed by atoms with Crippen molar-refractivity contribution in [2.45, 2.75) is 42.7 Å². The van der Waals surface area contributed by atoms with Crippen LogP contribution in [0.3, 0.4) is 0 Å². The molecule has 0 unspecified atom stereocenters. The van der Waals surface area contributed by atoms with Crippen molar-refractivity contribution >= 4 is 21.3 Å². The van der Waals surface area contributed by atoms with Crippen molar-refractivity contribution in [1.82, 2.24) is 15.3 Å². The summed E-state index contributed by atoms with van der Waals surface area (Å²) in [7, 11) is -3.40. The van der Waals surface area contributed by atoms with Crippen molar-refractivity contribution in [3.8, 4) is 0 Å². The average molecular weight is 399 g/mol. The summed E-state index contributed by atoms with van der Waals surface area (Å²) in [6, 6.07) is 6.68. The van der Waals surface area contributed by atoms with Crippen molar-refractivity contribution in [2.24, 2.45) is 0 Å². The molecule has 2 fully saturated rings. The van der Waals surface area contributed by atoms with Gasteiger partial charge in [-0.25, -0.2) is 13.4 Å². The lowest BCUT2D eigenvalue weighted by Gasteiger charge is -2.13. The van der Waals surface area contributed by atoms with Crippen LogP contribution in [0.4, 0.5) is 0 Å². The number of amides is 1. The van der Waals surface area contributed by atoms with E-state index in [0.717, 1.165) is 24.7 Å². The third kappa shape index (κ3) is 3.91. The third-order valence-electron chi connectivity index (χ3n) is 5.07. The quantitative estimate of drug-likeness (QED) is 0.796. The number of nitrogens with one attached hydrogen (secondary N) is 2. The second kappa shape index (κ2) is 7.01. The molecule has 146 valence electrons. The fourth-order valence-electron chi connectivity index (χ4n) is 3.42. The number of hydrogen-bond donors (Lipinski definition) is 2. The molecule has 28 heavy (non-hydrogen) atoms. The van der Waals surface area contributed by atoms with E-state index in [4.69, 9.17) is 0 Å². The summed E-state index contributed by atoms with van der Waals surface area (Å²) >= 11 is 0. The number of carbonyl (C=O) groups excluding carboxylic acids is 1. The van der Waals surface area contributed by atoms with E-state index in [1.807, 2.05) is 18.2 Å². The van der Waals surface area contributed by atoms with Gasteiger partial charge >= 0.3 is 0 Å². The van der Waals surface area contributed by atoms with E-state index in [1.165, 1.54) is 12.3 Å². The molecule has 2 aliphatic rings. The minimum atomic E-state index is -3.40. The molecular weight excluding hydrogens is 378 g/mol. The molecule has 1 aliphatic carbocycles. The maximum absolute atomic E-state index is 12.5. The molecule has 2 aromatic rings. The average Bonchev–Trinajstić information content (AvgIpc) is 3.40. The molecule has 0 bridgehead atoms. The number of rotatable bonds is 5. The van der Waals surface area contributed by atoms with Crippen LogP contribution >= 0.6 is 0 Å². The SMILES string of the molecule is CS(=O)(=O)c1ccc(/C(=C/[C@H]2CCC(=O)N2)c2ccc(C3CC3)c(=O)[nH]2)cn1. The highest BCUT2D eigenvalue weighted by Crippen LogP contribution is 2.38. The lowest BCUT2D eigenvalue weighted by Crippen LogP contribution is -2.23. The van der Waals surface area contributed by atoms with Gasteiger partial charge < -0.3 is 10.3 Å². The van der Waals surface area contributed by atoms with E-state index >= 15 is 0 Å². The Morgan fingerprint density at radius 3 is 2.46 bits per heavy atom. The van der Waals surface area contributed by atoms with E-state index < -0.39 is 9.84 Å². The first-order chi connectivity index (χ1) is 13.3. The van der Waals surface area contributed by atoms with E-state index in [9.17, 15) is 18.0 Å². The highest BCUT2D eigenvalue weighted by atomic mass is 32.2. The number of carbonyl (C=O) groups is 1. The molecule has 2 N–H and O–H groups in total. The lowest BCUT2D eigenvalue weighted by molar-refractivity contribution is -0.119. The zero-order valence-corrected chi connectivity index (χ0v) is 16.3. The summed E-state index contributed by atoms with van der Waals surface area (Å²) < 4.78 is 23.4. The van der Waals surface area contributed by atoms with Gasteiger partial charge in [-0.05, 0) is 43.4 Å². The number of hydrogen-bond acceptors (Lipinski definition) is 5. The number of nitrogens with zero attached hydrogens (tertiary/aromatic N) is 1. The summed E-state index contributed by atoms with van der Waals surface area (Å²) in [5.74, 6) is 0.332. The van der Waals surface area contributed by atoms with Crippen LogP contribution in [0.15, 0.2) is 46.4 Å². The second-order valence-electron chi connectivity index (χ2n) is 7.38. The van der Waals surface area contributed by atoms with Gasteiger partial charge in [-0.2, -0.15) is 0 Å². The number of sulfone groups is 1. The first-order valence-corrected chi connectivity index (χ1v) is 11.1. The Labute approximate surface area is 162 Å². The number of pyridine rings is 2. The van der Waals surface area contributed by atoms with Crippen LogP contribution in [0, 0.1) is 0 Å². The van der Waals surface area contributed by atoms with Crippen LogP contribution in [-0.2, 0) is 14.6 Å². The molecule has 1 saturated heterocycles. The predicted octanol–water partition coefficient (Wildman–Crippen LogP) is 1.76. The molecule has 0 radical (unpaired) electrons. The zero-order chi connectivity index (χ0) is 19.9. The van der Waals surface area contributed by atoms with Gasteiger partial charge in [0.05, 0.1) is 0 Å². The minimum absolute atomic E-state index is 0.0104.